The van der Waals surface area contributed by atoms with Crippen molar-refractivity contribution in [3.05, 3.63) is 59.7 Å². The van der Waals surface area contributed by atoms with Crippen LogP contribution in [0.15, 0.2) is 48.5 Å². The van der Waals surface area contributed by atoms with E-state index in [4.69, 9.17) is 4.74 Å². The average Bonchev–Trinajstić information content (AvgIpc) is 3.30. The SMILES string of the molecule is CC(C)[C@H](NC(=O)OCC1c2ccccc2-c2ccccc21)C(=O)N1C[C@H](C)[C@@](C)(C(=O)O)C1. The molecule has 2 aromatic rings. The first kappa shape index (κ1) is 23.8. The lowest BCUT2D eigenvalue weighted by Crippen LogP contribution is -2.51. The molecule has 3 atom stereocenters. The van der Waals surface area contributed by atoms with Gasteiger partial charge in [-0.1, -0.05) is 69.3 Å². The standard InChI is InChI=1S/C27H32N2O5/c1-16(2)23(24(30)29-13-17(3)27(4,15-29)25(31)32)28-26(33)34-14-22-20-11-7-5-9-18(20)19-10-6-8-12-21(19)22/h5-12,16-17,22-23H,13-15H2,1-4H3,(H,28,33)(H,31,32)/t17-,23-,27-/m0/s1. The first-order chi connectivity index (χ1) is 16.1. The number of nitrogens with zero attached hydrogens (tertiary/aromatic N) is 1. The zero-order chi connectivity index (χ0) is 24.6. The van der Waals surface area contributed by atoms with Gasteiger partial charge in [-0.05, 0) is 41.0 Å². The molecule has 0 unspecified atom stereocenters. The second-order valence-electron chi connectivity index (χ2n) is 10.0. The van der Waals surface area contributed by atoms with E-state index < -0.39 is 23.5 Å². The summed E-state index contributed by atoms with van der Waals surface area (Å²) in [5.74, 6) is -1.63. The van der Waals surface area contributed by atoms with Crippen molar-refractivity contribution in [1.82, 2.24) is 10.2 Å². The van der Waals surface area contributed by atoms with Crippen LogP contribution in [0.25, 0.3) is 11.1 Å². The maximum absolute atomic E-state index is 13.2. The largest absolute Gasteiger partial charge is 0.481 e. The number of nitrogens with one attached hydrogen (secondary N) is 1. The molecule has 1 aliphatic heterocycles. The van der Waals surface area contributed by atoms with Crippen molar-refractivity contribution in [2.75, 3.05) is 19.7 Å². The van der Waals surface area contributed by atoms with E-state index in [0.717, 1.165) is 22.3 Å². The second kappa shape index (κ2) is 9.12. The van der Waals surface area contributed by atoms with Crippen LogP contribution in [-0.2, 0) is 14.3 Å². The summed E-state index contributed by atoms with van der Waals surface area (Å²) in [5, 5.41) is 12.4. The van der Waals surface area contributed by atoms with E-state index in [1.54, 1.807) is 11.8 Å². The fourth-order valence-electron chi connectivity index (χ4n) is 5.07. The average molecular weight is 465 g/mol. The molecule has 0 spiro atoms. The highest BCUT2D eigenvalue weighted by Gasteiger charge is 2.49. The molecule has 7 heteroatoms. The van der Waals surface area contributed by atoms with Crippen molar-refractivity contribution >= 4 is 18.0 Å². The lowest BCUT2D eigenvalue weighted by atomic mass is 9.81. The molecule has 1 saturated heterocycles. The number of carboxylic acids is 1. The summed E-state index contributed by atoms with van der Waals surface area (Å²) in [4.78, 5) is 39.3. The monoisotopic (exact) mass is 464 g/mol. The number of alkyl carbamates (subject to hydrolysis) is 1. The van der Waals surface area contributed by atoms with Crippen LogP contribution in [0.5, 0.6) is 0 Å². The highest BCUT2D eigenvalue weighted by atomic mass is 16.5. The Morgan fingerprint density at radius 2 is 1.65 bits per heavy atom. The molecule has 34 heavy (non-hydrogen) atoms. The first-order valence-corrected chi connectivity index (χ1v) is 11.8. The Morgan fingerprint density at radius 3 is 2.15 bits per heavy atom. The Bertz CT molecular complexity index is 1070. The quantitative estimate of drug-likeness (QED) is 0.671. The summed E-state index contributed by atoms with van der Waals surface area (Å²) in [6.07, 6.45) is -0.651. The third kappa shape index (κ3) is 4.15. The molecule has 1 aliphatic carbocycles. The molecule has 1 heterocycles. The predicted octanol–water partition coefficient (Wildman–Crippen LogP) is 4.12. The molecule has 0 bridgehead atoms. The van der Waals surface area contributed by atoms with E-state index in [1.165, 1.54) is 0 Å². The summed E-state index contributed by atoms with van der Waals surface area (Å²) in [7, 11) is 0. The van der Waals surface area contributed by atoms with Gasteiger partial charge in [-0.25, -0.2) is 4.79 Å². The number of likely N-dealkylation sites (tertiary alicyclic amines) is 1. The van der Waals surface area contributed by atoms with Crippen LogP contribution >= 0.6 is 0 Å². The number of carbonyl (C=O) groups excluding carboxylic acids is 2. The number of amides is 2. The fourth-order valence-corrected chi connectivity index (χ4v) is 5.07. The van der Waals surface area contributed by atoms with Crippen molar-refractivity contribution < 1.29 is 24.2 Å². The van der Waals surface area contributed by atoms with Gasteiger partial charge < -0.3 is 20.1 Å². The smallest absolute Gasteiger partial charge is 0.407 e. The topological polar surface area (TPSA) is 95.9 Å². The van der Waals surface area contributed by atoms with Crippen molar-refractivity contribution in [2.24, 2.45) is 17.3 Å². The number of aliphatic carboxylic acids is 1. The molecule has 2 amide bonds. The molecule has 0 aromatic heterocycles. The zero-order valence-corrected chi connectivity index (χ0v) is 20.1. The number of hydrogen-bond donors (Lipinski definition) is 2. The Morgan fingerprint density at radius 1 is 1.09 bits per heavy atom. The number of rotatable bonds is 6. The summed E-state index contributed by atoms with van der Waals surface area (Å²) < 4.78 is 5.62. The van der Waals surface area contributed by atoms with Gasteiger partial charge in [0.25, 0.3) is 0 Å². The van der Waals surface area contributed by atoms with Gasteiger partial charge in [-0.15, -0.1) is 0 Å². The molecule has 7 nitrogen and oxygen atoms in total. The molecule has 1 fully saturated rings. The third-order valence-corrected chi connectivity index (χ3v) is 7.45. The van der Waals surface area contributed by atoms with Gasteiger partial charge in [-0.3, -0.25) is 9.59 Å². The number of fused-ring (bicyclic) bond motifs is 3. The Hall–Kier alpha value is -3.35. The molecule has 2 aliphatic rings. The van der Waals surface area contributed by atoms with Crippen molar-refractivity contribution in [3.63, 3.8) is 0 Å². The zero-order valence-electron chi connectivity index (χ0n) is 20.1. The minimum Gasteiger partial charge on any atom is -0.481 e. The normalized spacial score (nSPS) is 22.3. The van der Waals surface area contributed by atoms with Gasteiger partial charge in [0.05, 0.1) is 5.41 Å². The number of carboxylic acid groups (broad SMARTS) is 1. The van der Waals surface area contributed by atoms with Crippen molar-refractivity contribution in [3.8, 4) is 11.1 Å². The molecule has 0 saturated carbocycles. The Balaban J connectivity index is 1.43. The second-order valence-corrected chi connectivity index (χ2v) is 10.0. The molecular formula is C27H32N2O5. The van der Waals surface area contributed by atoms with Gasteiger partial charge >= 0.3 is 12.1 Å². The first-order valence-electron chi connectivity index (χ1n) is 11.8. The van der Waals surface area contributed by atoms with Gasteiger partial charge in [0.2, 0.25) is 5.91 Å². The van der Waals surface area contributed by atoms with Crippen LogP contribution in [0.1, 0.15) is 44.7 Å². The highest BCUT2D eigenvalue weighted by molar-refractivity contribution is 5.87. The fraction of sp³-hybridized carbons (Fsp3) is 0.444. The number of carbonyl (C=O) groups is 3. The number of benzene rings is 2. The van der Waals surface area contributed by atoms with Gasteiger partial charge in [0, 0.05) is 19.0 Å². The van der Waals surface area contributed by atoms with Gasteiger partial charge in [-0.2, -0.15) is 0 Å². The molecule has 2 N–H and O–H groups in total. The molecule has 0 radical (unpaired) electrons. The van der Waals surface area contributed by atoms with E-state index in [0.29, 0.717) is 6.54 Å². The summed E-state index contributed by atoms with van der Waals surface area (Å²) >= 11 is 0. The van der Waals surface area contributed by atoms with Crippen LogP contribution in [0, 0.1) is 17.3 Å². The van der Waals surface area contributed by atoms with Crippen LogP contribution in [-0.4, -0.2) is 53.7 Å². The van der Waals surface area contributed by atoms with Gasteiger partial charge in [0.15, 0.2) is 0 Å². The van der Waals surface area contributed by atoms with E-state index in [-0.39, 0.29) is 36.8 Å². The Labute approximate surface area is 200 Å². The Kier molecular flexibility index (Phi) is 6.39. The van der Waals surface area contributed by atoms with Crippen LogP contribution in [0.4, 0.5) is 4.79 Å². The van der Waals surface area contributed by atoms with E-state index in [2.05, 4.69) is 29.6 Å². The molecule has 180 valence electrons. The lowest BCUT2D eigenvalue weighted by molar-refractivity contribution is -0.149. The molecule has 2 aromatic carbocycles. The van der Waals surface area contributed by atoms with E-state index >= 15 is 0 Å². The van der Waals surface area contributed by atoms with Crippen LogP contribution in [0.2, 0.25) is 0 Å². The third-order valence-electron chi connectivity index (χ3n) is 7.45. The van der Waals surface area contributed by atoms with Crippen molar-refractivity contribution in [1.29, 1.82) is 0 Å². The lowest BCUT2D eigenvalue weighted by Gasteiger charge is -2.27. The highest BCUT2D eigenvalue weighted by Crippen LogP contribution is 2.44. The maximum atomic E-state index is 13.2. The number of hydrogen-bond acceptors (Lipinski definition) is 4. The summed E-state index contributed by atoms with van der Waals surface area (Å²) in [6, 6.07) is 15.4. The summed E-state index contributed by atoms with van der Waals surface area (Å²) in [6.45, 7) is 7.83. The van der Waals surface area contributed by atoms with E-state index in [9.17, 15) is 19.5 Å². The minimum absolute atomic E-state index is 0.0675. The summed E-state index contributed by atoms with van der Waals surface area (Å²) in [5.41, 5.74) is 3.53. The van der Waals surface area contributed by atoms with Gasteiger partial charge in [0.1, 0.15) is 12.6 Å². The molecular weight excluding hydrogens is 432 g/mol. The van der Waals surface area contributed by atoms with Crippen molar-refractivity contribution in [2.45, 2.75) is 39.7 Å². The predicted molar refractivity (Wildman–Crippen MR) is 128 cm³/mol. The van der Waals surface area contributed by atoms with Crippen LogP contribution in [0.3, 0.4) is 0 Å². The van der Waals surface area contributed by atoms with E-state index in [1.807, 2.05) is 45.0 Å². The molecule has 4 rings (SSSR count). The maximum Gasteiger partial charge on any atom is 0.407 e. The number of ether oxygens (including phenoxy) is 1. The van der Waals surface area contributed by atoms with Crippen LogP contribution < -0.4 is 5.32 Å². The minimum atomic E-state index is -0.999.